The van der Waals surface area contributed by atoms with Gasteiger partial charge in [0, 0.05) is 18.0 Å². The summed E-state index contributed by atoms with van der Waals surface area (Å²) in [5.74, 6) is 0. The first-order chi connectivity index (χ1) is 7.77. The summed E-state index contributed by atoms with van der Waals surface area (Å²) in [5.41, 5.74) is 1.58. The average molecular weight is 217 g/mol. The molecule has 0 saturated heterocycles. The molecule has 1 N–H and O–H groups in total. The normalized spacial score (nSPS) is 9.19. The van der Waals surface area contributed by atoms with Crippen LogP contribution >= 0.6 is 0 Å². The number of nitrogens with one attached hydrogen (secondary N) is 1. The van der Waals surface area contributed by atoms with Gasteiger partial charge in [0.1, 0.15) is 0 Å². The summed E-state index contributed by atoms with van der Waals surface area (Å²) in [5, 5.41) is 6.70. The molecule has 0 fully saturated rings. The highest BCUT2D eigenvalue weighted by atomic mass is 16.1. The number of rotatable bonds is 1. The Morgan fingerprint density at radius 3 is 2.56 bits per heavy atom. The average Bonchev–Trinajstić information content (AvgIpc) is 2.33. The first-order valence-corrected chi connectivity index (χ1v) is 5.25. The van der Waals surface area contributed by atoms with Gasteiger partial charge in [-0.15, -0.1) is 0 Å². The molecular weight excluding hydrogens is 202 g/mol. The van der Waals surface area contributed by atoms with E-state index >= 15 is 0 Å². The first kappa shape index (κ1) is 12.1. The number of hydrogen-bond acceptors (Lipinski definition) is 3. The molecule has 0 bridgehead atoms. The van der Waals surface area contributed by atoms with Crippen molar-refractivity contribution in [1.29, 1.82) is 0 Å². The minimum absolute atomic E-state index is 0.111. The number of aryl methyl sites for hydroxylation is 1. The van der Waals surface area contributed by atoms with Gasteiger partial charge in [0.2, 0.25) is 5.43 Å². The number of hydrogen-bond donors (Lipinski definition) is 1. The Bertz CT molecular complexity index is 491. The number of nitrogens with zero attached hydrogens (tertiary/aromatic N) is 2. The molecule has 2 rings (SSSR count). The summed E-state index contributed by atoms with van der Waals surface area (Å²) in [7, 11) is 0. The van der Waals surface area contributed by atoms with Crippen LogP contribution in [0.25, 0.3) is 11.4 Å². The number of aromatic nitrogens is 3. The van der Waals surface area contributed by atoms with Crippen molar-refractivity contribution in [1.82, 2.24) is 15.2 Å². The third-order valence-electron chi connectivity index (χ3n) is 1.83. The van der Waals surface area contributed by atoms with Crippen LogP contribution in [0.5, 0.6) is 0 Å². The monoisotopic (exact) mass is 217 g/mol. The third-order valence-corrected chi connectivity index (χ3v) is 1.83. The summed E-state index contributed by atoms with van der Waals surface area (Å²) >= 11 is 0. The highest BCUT2D eigenvalue weighted by Gasteiger charge is 2.04. The fraction of sp³-hybridized carbons (Fsp3) is 0.250. The van der Waals surface area contributed by atoms with Crippen LogP contribution in [0.3, 0.4) is 0 Å². The molecule has 0 amide bonds. The molecule has 0 aromatic carbocycles. The van der Waals surface area contributed by atoms with E-state index in [-0.39, 0.29) is 5.43 Å². The third kappa shape index (κ3) is 2.76. The van der Waals surface area contributed by atoms with Crippen molar-refractivity contribution in [3.05, 3.63) is 46.4 Å². The van der Waals surface area contributed by atoms with Gasteiger partial charge in [0.05, 0.1) is 5.69 Å². The molecule has 4 heteroatoms. The SMILES string of the molecule is CC.Cc1cc(=O)c(-c2ccccn2)n[nH]1. The molecule has 2 aromatic rings. The molecule has 0 atom stereocenters. The first-order valence-electron chi connectivity index (χ1n) is 5.25. The van der Waals surface area contributed by atoms with E-state index < -0.39 is 0 Å². The van der Waals surface area contributed by atoms with E-state index in [1.807, 2.05) is 19.9 Å². The smallest absolute Gasteiger partial charge is 0.209 e. The summed E-state index contributed by atoms with van der Waals surface area (Å²) < 4.78 is 0. The molecule has 16 heavy (non-hydrogen) atoms. The lowest BCUT2D eigenvalue weighted by Crippen LogP contribution is -2.09. The van der Waals surface area contributed by atoms with Gasteiger partial charge in [-0.1, -0.05) is 19.9 Å². The molecule has 0 aliphatic rings. The molecule has 0 unspecified atom stereocenters. The number of H-pyrrole nitrogens is 1. The van der Waals surface area contributed by atoms with Crippen LogP contribution in [0.15, 0.2) is 35.3 Å². The zero-order valence-electron chi connectivity index (χ0n) is 9.69. The van der Waals surface area contributed by atoms with E-state index in [0.29, 0.717) is 11.4 Å². The Labute approximate surface area is 94.4 Å². The molecule has 0 aliphatic heterocycles. The highest BCUT2D eigenvalue weighted by Crippen LogP contribution is 2.06. The second-order valence-corrected chi connectivity index (χ2v) is 2.98. The van der Waals surface area contributed by atoms with Gasteiger partial charge in [0.25, 0.3) is 0 Å². The van der Waals surface area contributed by atoms with Gasteiger partial charge in [-0.05, 0) is 19.1 Å². The summed E-state index contributed by atoms with van der Waals surface area (Å²) in [4.78, 5) is 15.6. The van der Waals surface area contributed by atoms with Gasteiger partial charge in [-0.2, -0.15) is 5.10 Å². The zero-order valence-corrected chi connectivity index (χ0v) is 9.69. The zero-order chi connectivity index (χ0) is 12.0. The second kappa shape index (κ2) is 5.80. The standard InChI is InChI=1S/C10H9N3O.C2H6/c1-7-6-9(14)10(13-12-7)8-4-2-3-5-11-8;1-2/h2-6H,1H3,(H,12,14);1-2H3. The molecule has 0 saturated carbocycles. The van der Waals surface area contributed by atoms with Crippen LogP contribution in [-0.4, -0.2) is 15.2 Å². The fourth-order valence-electron chi connectivity index (χ4n) is 1.18. The topological polar surface area (TPSA) is 58.6 Å². The number of aromatic amines is 1. The molecule has 84 valence electrons. The van der Waals surface area contributed by atoms with Crippen molar-refractivity contribution in [3.63, 3.8) is 0 Å². The van der Waals surface area contributed by atoms with Gasteiger partial charge in [0.15, 0.2) is 5.69 Å². The Balaban J connectivity index is 0.000000606. The lowest BCUT2D eigenvalue weighted by Gasteiger charge is -1.98. The second-order valence-electron chi connectivity index (χ2n) is 2.98. The van der Waals surface area contributed by atoms with Gasteiger partial charge >= 0.3 is 0 Å². The molecule has 2 heterocycles. The van der Waals surface area contributed by atoms with Crippen molar-refractivity contribution >= 4 is 0 Å². The summed E-state index contributed by atoms with van der Waals surface area (Å²) in [6, 6.07) is 6.89. The van der Waals surface area contributed by atoms with Crippen LogP contribution in [0, 0.1) is 6.92 Å². The highest BCUT2D eigenvalue weighted by molar-refractivity contribution is 5.52. The minimum Gasteiger partial charge on any atom is -0.287 e. The van der Waals surface area contributed by atoms with Crippen molar-refractivity contribution in [2.24, 2.45) is 0 Å². The predicted octanol–water partition coefficient (Wildman–Crippen LogP) is 2.17. The Morgan fingerprint density at radius 1 is 1.25 bits per heavy atom. The maximum absolute atomic E-state index is 11.5. The lowest BCUT2D eigenvalue weighted by atomic mass is 10.2. The number of pyridine rings is 1. The van der Waals surface area contributed by atoms with E-state index in [0.717, 1.165) is 5.69 Å². The molecule has 0 aliphatic carbocycles. The van der Waals surface area contributed by atoms with Gasteiger partial charge in [-0.3, -0.25) is 14.9 Å². The largest absolute Gasteiger partial charge is 0.287 e. The minimum atomic E-state index is -0.111. The maximum Gasteiger partial charge on any atom is 0.209 e. The predicted molar refractivity (Wildman–Crippen MR) is 64.2 cm³/mol. The van der Waals surface area contributed by atoms with E-state index in [4.69, 9.17) is 0 Å². The van der Waals surface area contributed by atoms with Crippen LogP contribution in [-0.2, 0) is 0 Å². The maximum atomic E-state index is 11.5. The van der Waals surface area contributed by atoms with E-state index in [1.54, 1.807) is 25.3 Å². The molecule has 2 aromatic heterocycles. The van der Waals surface area contributed by atoms with Crippen molar-refractivity contribution < 1.29 is 0 Å². The molecule has 0 spiro atoms. The lowest BCUT2D eigenvalue weighted by molar-refractivity contribution is 0.969. The molecule has 4 nitrogen and oxygen atoms in total. The van der Waals surface area contributed by atoms with Crippen LogP contribution in [0.4, 0.5) is 0 Å². The van der Waals surface area contributed by atoms with Gasteiger partial charge < -0.3 is 0 Å². The van der Waals surface area contributed by atoms with Crippen molar-refractivity contribution in [2.75, 3.05) is 0 Å². The van der Waals surface area contributed by atoms with Crippen LogP contribution in [0.2, 0.25) is 0 Å². The molecule has 0 radical (unpaired) electrons. The van der Waals surface area contributed by atoms with Crippen LogP contribution < -0.4 is 5.43 Å². The molecular formula is C12H15N3O. The van der Waals surface area contributed by atoms with Crippen molar-refractivity contribution in [3.8, 4) is 11.4 Å². The van der Waals surface area contributed by atoms with E-state index in [1.165, 1.54) is 6.07 Å². The fourth-order valence-corrected chi connectivity index (χ4v) is 1.18. The Kier molecular flexibility index (Phi) is 4.39. The van der Waals surface area contributed by atoms with E-state index in [9.17, 15) is 4.79 Å². The Hall–Kier alpha value is -1.97. The van der Waals surface area contributed by atoms with Gasteiger partial charge in [-0.25, -0.2) is 0 Å². The van der Waals surface area contributed by atoms with E-state index in [2.05, 4.69) is 15.2 Å². The van der Waals surface area contributed by atoms with Crippen molar-refractivity contribution in [2.45, 2.75) is 20.8 Å². The summed E-state index contributed by atoms with van der Waals surface area (Å²) in [6.45, 7) is 5.79. The van der Waals surface area contributed by atoms with Crippen LogP contribution in [0.1, 0.15) is 19.5 Å². The summed E-state index contributed by atoms with van der Waals surface area (Å²) in [6.07, 6.45) is 1.64. The Morgan fingerprint density at radius 2 is 2.00 bits per heavy atom. The quantitative estimate of drug-likeness (QED) is 0.796.